The van der Waals surface area contributed by atoms with E-state index in [1.807, 2.05) is 12.1 Å². The summed E-state index contributed by atoms with van der Waals surface area (Å²) >= 11 is 7.09. The van der Waals surface area contributed by atoms with Crippen LogP contribution in [-0.2, 0) is 7.05 Å². The molecule has 1 aromatic heterocycles. The minimum Gasteiger partial charge on any atom is -0.299 e. The summed E-state index contributed by atoms with van der Waals surface area (Å²) in [6.45, 7) is 0. The molecule has 1 amide bonds. The van der Waals surface area contributed by atoms with Crippen molar-refractivity contribution in [3.05, 3.63) is 33.4 Å². The van der Waals surface area contributed by atoms with E-state index in [1.165, 1.54) is 4.80 Å². The molecule has 2 N–H and O–H groups in total. The molecular formula is C10H9IN6OS. The number of anilines is 1. The molecule has 0 saturated carbocycles. The number of carbonyl (C=O) groups is 1. The molecule has 0 fully saturated rings. The number of aromatic nitrogens is 4. The lowest BCUT2D eigenvalue weighted by molar-refractivity contribution is 0.0977. The Morgan fingerprint density at radius 1 is 1.42 bits per heavy atom. The molecule has 0 unspecified atom stereocenters. The monoisotopic (exact) mass is 388 g/mol. The number of hydrogen-bond acceptors (Lipinski definition) is 5. The van der Waals surface area contributed by atoms with Crippen LogP contribution in [0.5, 0.6) is 0 Å². The first kappa shape index (κ1) is 13.8. The van der Waals surface area contributed by atoms with E-state index in [-0.39, 0.29) is 17.0 Å². The van der Waals surface area contributed by atoms with Crippen LogP contribution in [0.25, 0.3) is 0 Å². The van der Waals surface area contributed by atoms with Gasteiger partial charge in [-0.15, -0.1) is 5.10 Å². The fraction of sp³-hybridized carbons (Fsp3) is 0.100. The van der Waals surface area contributed by atoms with Crippen molar-refractivity contribution in [2.75, 3.05) is 5.32 Å². The highest BCUT2D eigenvalue weighted by Gasteiger charge is 2.11. The number of aryl methyl sites for hydroxylation is 1. The Kier molecular flexibility index (Phi) is 4.37. The second-order valence-electron chi connectivity index (χ2n) is 3.49. The lowest BCUT2D eigenvalue weighted by Gasteiger charge is -2.07. The molecule has 0 aliphatic carbocycles. The normalized spacial score (nSPS) is 10.0. The fourth-order valence-electron chi connectivity index (χ4n) is 1.28. The van der Waals surface area contributed by atoms with Crippen LogP contribution in [0.2, 0.25) is 0 Å². The molecule has 1 heterocycles. The van der Waals surface area contributed by atoms with E-state index in [0.717, 1.165) is 3.57 Å². The maximum atomic E-state index is 12.0. The van der Waals surface area contributed by atoms with Gasteiger partial charge in [0.2, 0.25) is 0 Å². The molecule has 2 rings (SSSR count). The summed E-state index contributed by atoms with van der Waals surface area (Å²) in [6, 6.07) is 7.22. The average molecular weight is 388 g/mol. The van der Waals surface area contributed by atoms with Crippen molar-refractivity contribution in [2.45, 2.75) is 0 Å². The van der Waals surface area contributed by atoms with Gasteiger partial charge in [-0.1, -0.05) is 17.2 Å². The maximum absolute atomic E-state index is 12.0. The largest absolute Gasteiger partial charge is 0.299 e. The van der Waals surface area contributed by atoms with Crippen LogP contribution >= 0.6 is 34.8 Å². The van der Waals surface area contributed by atoms with E-state index in [2.05, 4.69) is 48.6 Å². The summed E-state index contributed by atoms with van der Waals surface area (Å²) in [5.41, 5.74) is 0.555. The predicted molar refractivity (Wildman–Crippen MR) is 81.6 cm³/mol. The standard InChI is InChI=1S/C10H9IN6OS/c1-17-15-9(14-16-17)13-10(19)12-8(18)6-4-2-3-5-7(6)11/h2-5H,1H3,(H2,12,13,15,18,19). The number of nitrogens with zero attached hydrogens (tertiary/aromatic N) is 4. The highest BCUT2D eigenvalue weighted by atomic mass is 127. The third-order valence-electron chi connectivity index (χ3n) is 2.08. The van der Waals surface area contributed by atoms with Crippen LogP contribution in [0.1, 0.15) is 10.4 Å². The number of carbonyl (C=O) groups excluding carboxylic acids is 1. The Balaban J connectivity index is 1.99. The third kappa shape index (κ3) is 3.67. The first-order valence-electron chi connectivity index (χ1n) is 5.17. The van der Waals surface area contributed by atoms with Crippen molar-refractivity contribution < 1.29 is 4.79 Å². The van der Waals surface area contributed by atoms with Crippen LogP contribution in [0.15, 0.2) is 24.3 Å². The molecule has 0 atom stereocenters. The Hall–Kier alpha value is -1.62. The summed E-state index contributed by atoms with van der Waals surface area (Å²) in [5.74, 6) is -0.0538. The van der Waals surface area contributed by atoms with Crippen molar-refractivity contribution in [1.29, 1.82) is 0 Å². The van der Waals surface area contributed by atoms with E-state index >= 15 is 0 Å². The predicted octanol–water partition coefficient (Wildman–Crippen LogP) is 0.941. The summed E-state index contributed by atoms with van der Waals surface area (Å²) < 4.78 is 0.845. The van der Waals surface area contributed by atoms with E-state index in [0.29, 0.717) is 5.56 Å². The second kappa shape index (κ2) is 6.02. The van der Waals surface area contributed by atoms with Gasteiger partial charge >= 0.3 is 0 Å². The van der Waals surface area contributed by atoms with Crippen LogP contribution in [-0.4, -0.2) is 31.2 Å². The van der Waals surface area contributed by atoms with Gasteiger partial charge in [-0.2, -0.15) is 4.80 Å². The zero-order chi connectivity index (χ0) is 13.8. The zero-order valence-corrected chi connectivity index (χ0v) is 12.8. The molecule has 0 saturated heterocycles. The van der Waals surface area contributed by atoms with Crippen molar-refractivity contribution >= 4 is 51.8 Å². The Morgan fingerprint density at radius 3 is 2.79 bits per heavy atom. The van der Waals surface area contributed by atoms with Crippen molar-refractivity contribution in [1.82, 2.24) is 25.5 Å². The molecule has 7 nitrogen and oxygen atoms in total. The Morgan fingerprint density at radius 2 is 2.16 bits per heavy atom. The van der Waals surface area contributed by atoms with E-state index in [9.17, 15) is 4.79 Å². The number of hydrogen-bond donors (Lipinski definition) is 2. The Labute approximate surface area is 127 Å². The van der Waals surface area contributed by atoms with Gasteiger partial charge in [-0.3, -0.25) is 15.4 Å². The first-order valence-corrected chi connectivity index (χ1v) is 6.66. The molecule has 2 aromatic rings. The van der Waals surface area contributed by atoms with Gasteiger partial charge in [0.25, 0.3) is 11.9 Å². The molecule has 0 aliphatic heterocycles. The summed E-state index contributed by atoms with van der Waals surface area (Å²) in [6.07, 6.45) is 0. The summed E-state index contributed by atoms with van der Waals surface area (Å²) in [4.78, 5) is 13.3. The van der Waals surface area contributed by atoms with Crippen LogP contribution < -0.4 is 10.6 Å². The highest BCUT2D eigenvalue weighted by molar-refractivity contribution is 14.1. The molecule has 0 spiro atoms. The van der Waals surface area contributed by atoms with Gasteiger partial charge in [0.1, 0.15) is 0 Å². The van der Waals surface area contributed by atoms with Crippen molar-refractivity contribution in [2.24, 2.45) is 7.05 Å². The number of nitrogens with one attached hydrogen (secondary N) is 2. The fourth-order valence-corrected chi connectivity index (χ4v) is 2.10. The van der Waals surface area contributed by atoms with Gasteiger partial charge in [-0.05, 0) is 52.2 Å². The van der Waals surface area contributed by atoms with Crippen molar-refractivity contribution in [3.63, 3.8) is 0 Å². The van der Waals surface area contributed by atoms with Gasteiger partial charge in [0, 0.05) is 3.57 Å². The smallest absolute Gasteiger partial charge is 0.269 e. The summed E-state index contributed by atoms with van der Waals surface area (Å²) in [7, 11) is 1.63. The number of benzene rings is 1. The second-order valence-corrected chi connectivity index (χ2v) is 5.06. The number of rotatable bonds is 2. The third-order valence-corrected chi connectivity index (χ3v) is 3.22. The van der Waals surface area contributed by atoms with Crippen LogP contribution in [0.3, 0.4) is 0 Å². The molecule has 0 bridgehead atoms. The SMILES string of the molecule is Cn1nnc(NC(=S)NC(=O)c2ccccc2I)n1. The molecule has 0 aliphatic rings. The molecular weight excluding hydrogens is 379 g/mol. The van der Waals surface area contributed by atoms with E-state index < -0.39 is 0 Å². The summed E-state index contributed by atoms with van der Waals surface area (Å²) in [5, 5.41) is 16.6. The van der Waals surface area contributed by atoms with Crippen LogP contribution in [0.4, 0.5) is 5.95 Å². The van der Waals surface area contributed by atoms with Crippen LogP contribution in [0, 0.1) is 3.57 Å². The highest BCUT2D eigenvalue weighted by Crippen LogP contribution is 2.11. The quantitative estimate of drug-likeness (QED) is 0.589. The number of amides is 1. The van der Waals surface area contributed by atoms with Gasteiger partial charge in [0.05, 0.1) is 12.6 Å². The van der Waals surface area contributed by atoms with E-state index in [1.54, 1.807) is 19.2 Å². The zero-order valence-electron chi connectivity index (χ0n) is 9.79. The van der Waals surface area contributed by atoms with Crippen molar-refractivity contribution in [3.8, 4) is 0 Å². The maximum Gasteiger partial charge on any atom is 0.269 e. The minimum atomic E-state index is -0.286. The molecule has 0 radical (unpaired) electrons. The first-order chi connectivity index (χ1) is 9.06. The van der Waals surface area contributed by atoms with Gasteiger partial charge < -0.3 is 0 Å². The average Bonchev–Trinajstić information content (AvgIpc) is 2.74. The number of halogens is 1. The lowest BCUT2D eigenvalue weighted by Crippen LogP contribution is -2.34. The molecule has 19 heavy (non-hydrogen) atoms. The number of thiocarbonyl (C=S) groups is 1. The molecule has 9 heteroatoms. The Bertz CT molecular complexity index is 628. The topological polar surface area (TPSA) is 84.7 Å². The lowest BCUT2D eigenvalue weighted by atomic mass is 10.2. The molecule has 1 aromatic carbocycles. The van der Waals surface area contributed by atoms with E-state index in [4.69, 9.17) is 12.2 Å². The molecule has 98 valence electrons. The minimum absolute atomic E-state index is 0.123. The van der Waals surface area contributed by atoms with Gasteiger partial charge in [-0.25, -0.2) is 0 Å². The number of tetrazole rings is 1. The van der Waals surface area contributed by atoms with Gasteiger partial charge in [0.15, 0.2) is 5.11 Å².